The first-order chi connectivity index (χ1) is 7.64. The first-order valence-electron chi connectivity index (χ1n) is 5.84. The normalized spacial score (nSPS) is 21.4. The van der Waals surface area contributed by atoms with Gasteiger partial charge in [-0.3, -0.25) is 4.79 Å². The summed E-state index contributed by atoms with van der Waals surface area (Å²) in [7, 11) is 0. The molecule has 0 aromatic rings. The van der Waals surface area contributed by atoms with Crippen LogP contribution in [0.15, 0.2) is 0 Å². The largest absolute Gasteiger partial charge is 0.396 e. The zero-order valence-electron chi connectivity index (χ0n) is 9.87. The average Bonchev–Trinajstić information content (AvgIpc) is 2.30. The second-order valence-electron chi connectivity index (χ2n) is 4.48. The van der Waals surface area contributed by atoms with E-state index in [1.54, 1.807) is 0 Å². The van der Waals surface area contributed by atoms with Crippen LogP contribution in [0.25, 0.3) is 0 Å². The third-order valence-electron chi connectivity index (χ3n) is 3.26. The highest BCUT2D eigenvalue weighted by Gasteiger charge is 2.38. The van der Waals surface area contributed by atoms with Crippen LogP contribution in [0, 0.1) is 5.41 Å². The van der Waals surface area contributed by atoms with E-state index in [0.29, 0.717) is 39.0 Å². The zero-order chi connectivity index (χ0) is 12.0. The SMILES string of the molecule is CC(CCO)NC(=O)C1(CN)CCOCC1. The molecule has 0 saturated carbocycles. The summed E-state index contributed by atoms with van der Waals surface area (Å²) >= 11 is 0. The standard InChI is InChI=1S/C11H22N2O3/c1-9(2-5-14)13-10(15)11(8-12)3-6-16-7-4-11/h9,14H,2-8,12H2,1H3,(H,13,15). The topological polar surface area (TPSA) is 84.6 Å². The van der Waals surface area contributed by atoms with Gasteiger partial charge in [-0.2, -0.15) is 0 Å². The van der Waals surface area contributed by atoms with Crippen molar-refractivity contribution in [1.29, 1.82) is 0 Å². The molecule has 1 amide bonds. The lowest BCUT2D eigenvalue weighted by atomic mass is 9.79. The Kier molecular flexibility index (Phi) is 5.18. The van der Waals surface area contributed by atoms with E-state index in [1.807, 2.05) is 6.92 Å². The Balaban J connectivity index is 2.54. The van der Waals surface area contributed by atoms with Gasteiger partial charge in [-0.1, -0.05) is 0 Å². The van der Waals surface area contributed by atoms with Gasteiger partial charge in [0.1, 0.15) is 0 Å². The smallest absolute Gasteiger partial charge is 0.227 e. The molecule has 1 aliphatic rings. The number of nitrogens with one attached hydrogen (secondary N) is 1. The first kappa shape index (κ1) is 13.4. The van der Waals surface area contributed by atoms with Crippen LogP contribution in [0.2, 0.25) is 0 Å². The summed E-state index contributed by atoms with van der Waals surface area (Å²) in [5.41, 5.74) is 5.25. The molecular weight excluding hydrogens is 208 g/mol. The molecule has 1 aliphatic heterocycles. The monoisotopic (exact) mass is 230 g/mol. The van der Waals surface area contributed by atoms with Crippen molar-refractivity contribution in [2.75, 3.05) is 26.4 Å². The van der Waals surface area contributed by atoms with Crippen molar-refractivity contribution < 1.29 is 14.6 Å². The van der Waals surface area contributed by atoms with Crippen molar-refractivity contribution in [1.82, 2.24) is 5.32 Å². The van der Waals surface area contributed by atoms with Crippen LogP contribution in [0.4, 0.5) is 0 Å². The number of amides is 1. The number of carbonyl (C=O) groups is 1. The maximum atomic E-state index is 12.1. The van der Waals surface area contributed by atoms with Crippen molar-refractivity contribution in [3.8, 4) is 0 Å². The molecule has 1 atom stereocenters. The van der Waals surface area contributed by atoms with Crippen LogP contribution in [0.3, 0.4) is 0 Å². The van der Waals surface area contributed by atoms with Gasteiger partial charge in [0.25, 0.3) is 0 Å². The Hall–Kier alpha value is -0.650. The van der Waals surface area contributed by atoms with Gasteiger partial charge in [0, 0.05) is 32.4 Å². The van der Waals surface area contributed by atoms with Gasteiger partial charge in [0.2, 0.25) is 5.91 Å². The minimum absolute atomic E-state index is 0.000694. The summed E-state index contributed by atoms with van der Waals surface area (Å²) in [6.07, 6.45) is 1.94. The maximum Gasteiger partial charge on any atom is 0.227 e. The third kappa shape index (κ3) is 3.17. The van der Waals surface area contributed by atoms with Crippen molar-refractivity contribution in [2.24, 2.45) is 11.1 Å². The van der Waals surface area contributed by atoms with Crippen LogP contribution in [-0.2, 0) is 9.53 Å². The van der Waals surface area contributed by atoms with Crippen LogP contribution >= 0.6 is 0 Å². The summed E-state index contributed by atoms with van der Waals surface area (Å²) < 4.78 is 5.25. The third-order valence-corrected chi connectivity index (χ3v) is 3.26. The average molecular weight is 230 g/mol. The molecule has 5 heteroatoms. The number of hydrogen-bond acceptors (Lipinski definition) is 4. The second kappa shape index (κ2) is 6.18. The Morgan fingerprint density at radius 1 is 1.56 bits per heavy atom. The minimum atomic E-state index is -0.470. The van der Waals surface area contributed by atoms with E-state index in [0.717, 1.165) is 0 Å². The molecule has 0 aromatic heterocycles. The number of rotatable bonds is 5. The van der Waals surface area contributed by atoms with Gasteiger partial charge in [0.15, 0.2) is 0 Å². The molecular formula is C11H22N2O3. The van der Waals surface area contributed by atoms with Crippen LogP contribution < -0.4 is 11.1 Å². The molecule has 0 aromatic carbocycles. The van der Waals surface area contributed by atoms with Gasteiger partial charge >= 0.3 is 0 Å². The van der Waals surface area contributed by atoms with Gasteiger partial charge in [0.05, 0.1) is 5.41 Å². The van der Waals surface area contributed by atoms with E-state index in [9.17, 15) is 4.79 Å². The summed E-state index contributed by atoms with van der Waals surface area (Å²) in [5.74, 6) is -0.000694. The molecule has 4 N–H and O–H groups in total. The van der Waals surface area contributed by atoms with Gasteiger partial charge in [-0.25, -0.2) is 0 Å². The first-order valence-corrected chi connectivity index (χ1v) is 5.84. The number of aliphatic hydroxyl groups is 1. The molecule has 1 fully saturated rings. The lowest BCUT2D eigenvalue weighted by Crippen LogP contribution is -2.51. The Labute approximate surface area is 96.3 Å². The zero-order valence-corrected chi connectivity index (χ0v) is 9.87. The number of hydrogen-bond donors (Lipinski definition) is 3. The van der Waals surface area contributed by atoms with Gasteiger partial charge in [-0.15, -0.1) is 0 Å². The van der Waals surface area contributed by atoms with E-state index >= 15 is 0 Å². The number of ether oxygens (including phenoxy) is 1. The molecule has 0 bridgehead atoms. The summed E-state index contributed by atoms with van der Waals surface area (Å²) in [6, 6.07) is -0.0104. The summed E-state index contributed by atoms with van der Waals surface area (Å²) in [6.45, 7) is 3.52. The fourth-order valence-electron chi connectivity index (χ4n) is 1.93. The van der Waals surface area contributed by atoms with E-state index in [4.69, 9.17) is 15.6 Å². The van der Waals surface area contributed by atoms with Gasteiger partial charge < -0.3 is 20.9 Å². The maximum absolute atomic E-state index is 12.1. The molecule has 1 unspecified atom stereocenters. The number of carbonyl (C=O) groups excluding carboxylic acids is 1. The van der Waals surface area contributed by atoms with Crippen molar-refractivity contribution in [3.63, 3.8) is 0 Å². The molecule has 0 radical (unpaired) electrons. The van der Waals surface area contributed by atoms with E-state index in [-0.39, 0.29) is 18.6 Å². The number of aliphatic hydroxyl groups excluding tert-OH is 1. The van der Waals surface area contributed by atoms with Crippen molar-refractivity contribution in [2.45, 2.75) is 32.2 Å². The van der Waals surface area contributed by atoms with Crippen molar-refractivity contribution in [3.05, 3.63) is 0 Å². The highest BCUT2D eigenvalue weighted by molar-refractivity contribution is 5.83. The highest BCUT2D eigenvalue weighted by atomic mass is 16.5. The fourth-order valence-corrected chi connectivity index (χ4v) is 1.93. The van der Waals surface area contributed by atoms with E-state index in [2.05, 4.69) is 5.32 Å². The molecule has 5 nitrogen and oxygen atoms in total. The molecule has 0 aliphatic carbocycles. The molecule has 1 rings (SSSR count). The predicted octanol–water partition coefficient (Wildman–Crippen LogP) is -0.371. The Bertz CT molecular complexity index is 227. The molecule has 1 heterocycles. The predicted molar refractivity (Wildman–Crippen MR) is 60.8 cm³/mol. The summed E-state index contributed by atoms with van der Waals surface area (Å²) in [4.78, 5) is 12.1. The van der Waals surface area contributed by atoms with E-state index < -0.39 is 5.41 Å². The fraction of sp³-hybridized carbons (Fsp3) is 0.909. The molecule has 16 heavy (non-hydrogen) atoms. The second-order valence-corrected chi connectivity index (χ2v) is 4.48. The minimum Gasteiger partial charge on any atom is -0.396 e. The Morgan fingerprint density at radius 2 is 2.19 bits per heavy atom. The molecule has 0 spiro atoms. The molecule has 1 saturated heterocycles. The lowest BCUT2D eigenvalue weighted by molar-refractivity contribution is -0.136. The van der Waals surface area contributed by atoms with Gasteiger partial charge in [-0.05, 0) is 26.2 Å². The van der Waals surface area contributed by atoms with E-state index in [1.165, 1.54) is 0 Å². The van der Waals surface area contributed by atoms with Crippen LogP contribution in [-0.4, -0.2) is 43.4 Å². The lowest BCUT2D eigenvalue weighted by Gasteiger charge is -2.35. The molecule has 94 valence electrons. The highest BCUT2D eigenvalue weighted by Crippen LogP contribution is 2.29. The summed E-state index contributed by atoms with van der Waals surface area (Å²) in [5, 5.41) is 11.7. The van der Waals surface area contributed by atoms with Crippen LogP contribution in [0.1, 0.15) is 26.2 Å². The Morgan fingerprint density at radius 3 is 2.69 bits per heavy atom. The van der Waals surface area contributed by atoms with Crippen molar-refractivity contribution >= 4 is 5.91 Å². The van der Waals surface area contributed by atoms with Crippen LogP contribution in [0.5, 0.6) is 0 Å². The quantitative estimate of drug-likeness (QED) is 0.601. The number of nitrogens with two attached hydrogens (primary N) is 1.